The number of hydrogen-bond acceptors (Lipinski definition) is 10. The number of thiophene rings is 1. The van der Waals surface area contributed by atoms with Gasteiger partial charge in [-0.2, -0.15) is 0 Å². The number of carboxylic acid groups (broad SMARTS) is 1. The molecule has 0 aliphatic heterocycles. The molecule has 10 nitrogen and oxygen atoms in total. The first-order valence-electron chi connectivity index (χ1n) is 18.9. The second-order valence-electron chi connectivity index (χ2n) is 13.7. The molecule has 6 aromatic carbocycles. The Morgan fingerprint density at radius 2 is 1.19 bits per heavy atom. The number of pyridine rings is 1. The second kappa shape index (κ2) is 18.1. The second-order valence-corrected chi connectivity index (χ2v) is 19.2. The van der Waals surface area contributed by atoms with Crippen LogP contribution in [0.2, 0.25) is 5.02 Å². The quantitative estimate of drug-likeness (QED) is 0.0987. The van der Waals surface area contributed by atoms with Crippen molar-refractivity contribution in [3.63, 3.8) is 0 Å². The molecule has 2 aromatic heterocycles. The van der Waals surface area contributed by atoms with Gasteiger partial charge in [-0.05, 0) is 114 Å². The lowest BCUT2D eigenvalue weighted by atomic mass is 10.1. The predicted molar refractivity (Wildman–Crippen MR) is 238 cm³/mol. The summed E-state index contributed by atoms with van der Waals surface area (Å²) in [4.78, 5) is 17.7. The molecule has 310 valence electrons. The number of aliphatic carboxylic acids is 1. The van der Waals surface area contributed by atoms with E-state index in [1.165, 1.54) is 54.1 Å². The minimum atomic E-state index is -3.81. The van der Waals surface area contributed by atoms with Gasteiger partial charge in [0.2, 0.25) is 19.7 Å². The maximum Gasteiger partial charge on any atom is 0.336 e. The van der Waals surface area contributed by atoms with Gasteiger partial charge >= 0.3 is 5.97 Å². The molecule has 8 aromatic rings. The number of fused-ring (bicyclic) bond motifs is 1. The highest BCUT2D eigenvalue weighted by atomic mass is 35.5. The molecule has 0 amide bonds. The summed E-state index contributed by atoms with van der Waals surface area (Å²) >= 11 is 7.46. The van der Waals surface area contributed by atoms with Gasteiger partial charge in [-0.15, -0.1) is 11.3 Å². The number of benzene rings is 6. The summed E-state index contributed by atoms with van der Waals surface area (Å²) in [5.41, 5.74) is 1.69. The van der Waals surface area contributed by atoms with E-state index in [9.17, 15) is 26.7 Å². The molecule has 8 rings (SSSR count). The Morgan fingerprint density at radius 3 is 1.82 bits per heavy atom. The van der Waals surface area contributed by atoms with E-state index < -0.39 is 25.6 Å². The van der Waals surface area contributed by atoms with Crippen molar-refractivity contribution in [2.75, 3.05) is 0 Å². The zero-order chi connectivity index (χ0) is 43.3. The van der Waals surface area contributed by atoms with Crippen LogP contribution in [-0.4, -0.2) is 32.9 Å². The monoisotopic (exact) mass is 899 g/mol. The highest BCUT2D eigenvalue weighted by molar-refractivity contribution is 7.91. The van der Waals surface area contributed by atoms with Crippen LogP contribution < -0.4 is 14.2 Å². The maximum atomic E-state index is 13.5. The number of rotatable bonds is 15. The lowest BCUT2D eigenvalue weighted by Gasteiger charge is -2.15. The number of aromatic nitrogens is 1. The summed E-state index contributed by atoms with van der Waals surface area (Å²) < 4.78 is 73.4. The number of sulfone groups is 2. The van der Waals surface area contributed by atoms with Gasteiger partial charge in [0.15, 0.2) is 17.2 Å². The largest absolute Gasteiger partial charge is 0.485 e. The van der Waals surface area contributed by atoms with Crippen molar-refractivity contribution in [3.8, 4) is 23.0 Å². The Bertz CT molecular complexity index is 3140. The number of hydrogen-bond donors (Lipinski definition) is 1. The number of halogens is 1. The average Bonchev–Trinajstić information content (AvgIpc) is 3.63. The van der Waals surface area contributed by atoms with E-state index >= 15 is 0 Å². The van der Waals surface area contributed by atoms with Gasteiger partial charge in [-0.1, -0.05) is 72.3 Å². The van der Waals surface area contributed by atoms with Crippen molar-refractivity contribution in [2.45, 2.75) is 32.8 Å². The molecule has 0 unspecified atom stereocenters. The van der Waals surface area contributed by atoms with E-state index in [4.69, 9.17) is 25.8 Å². The Morgan fingerprint density at radius 1 is 0.629 bits per heavy atom. The topological polar surface area (TPSA) is 146 Å². The summed E-state index contributed by atoms with van der Waals surface area (Å²) in [6.45, 7) is -0.0304. The predicted octanol–water partition coefficient (Wildman–Crippen LogP) is 11.2. The number of carbonyl (C=O) groups is 1. The summed E-state index contributed by atoms with van der Waals surface area (Å²) in [6.07, 6.45) is 4.56. The van der Waals surface area contributed by atoms with Crippen LogP contribution in [0.4, 0.5) is 0 Å². The molecule has 1 N–H and O–H groups in total. The third-order valence-electron chi connectivity index (χ3n) is 9.60. The minimum absolute atomic E-state index is 0.0101. The molecule has 14 heteroatoms. The molecule has 62 heavy (non-hydrogen) atoms. The molecule has 0 spiro atoms. The Kier molecular flexibility index (Phi) is 12.2. The van der Waals surface area contributed by atoms with Gasteiger partial charge in [0.1, 0.15) is 19.0 Å². The van der Waals surface area contributed by atoms with Crippen LogP contribution in [0.3, 0.4) is 0 Å². The molecule has 0 bridgehead atoms. The van der Waals surface area contributed by atoms with Crippen molar-refractivity contribution >= 4 is 70.3 Å². The average molecular weight is 900 g/mol. The van der Waals surface area contributed by atoms with Gasteiger partial charge in [0.05, 0.1) is 30.0 Å². The third-order valence-corrected chi connectivity index (χ3v) is 14.5. The molecule has 0 fully saturated rings. The molecule has 0 saturated heterocycles. The van der Waals surface area contributed by atoms with E-state index in [0.717, 1.165) is 0 Å². The molecule has 0 radical (unpaired) electrons. The van der Waals surface area contributed by atoms with E-state index in [2.05, 4.69) is 4.98 Å². The molecule has 0 saturated carbocycles. The molecule has 0 aliphatic carbocycles. The fraction of sp³-hybridized carbons (Fsp3) is 0.0417. The van der Waals surface area contributed by atoms with Crippen molar-refractivity contribution in [2.24, 2.45) is 0 Å². The standard InChI is InChI=1S/C48H34ClNO9S3/c49-35-16-18-36(19-17-35)59-47-42-27-43(58-31-33-8-7-13-40(26-33)62(55,56)38-11-5-2-6-12-38)44(29-45(42)60-46(47)28-41(48(51)52)34-22-24-50-25-23-34)57-30-32-14-20-39(21-15-32)61(53,54)37-9-3-1-4-10-37/h1-29H,30-31H2,(H,51,52)/b41-28+. The van der Waals surface area contributed by atoms with Crippen LogP contribution in [0.25, 0.3) is 21.7 Å². The van der Waals surface area contributed by atoms with Crippen LogP contribution in [-0.2, 0) is 37.7 Å². The van der Waals surface area contributed by atoms with Crippen LogP contribution in [0.1, 0.15) is 21.6 Å². The highest BCUT2D eigenvalue weighted by Crippen LogP contribution is 2.47. The van der Waals surface area contributed by atoms with Crippen LogP contribution >= 0.6 is 22.9 Å². The van der Waals surface area contributed by atoms with E-state index in [0.29, 0.717) is 53.9 Å². The van der Waals surface area contributed by atoms with E-state index in [1.807, 2.05) is 0 Å². The number of carboxylic acids is 1. The Hall–Kier alpha value is -6.77. The molecular formula is C48H34ClNO9S3. The van der Waals surface area contributed by atoms with E-state index in [1.54, 1.807) is 133 Å². The normalized spacial score (nSPS) is 11.9. The zero-order valence-corrected chi connectivity index (χ0v) is 35.6. The van der Waals surface area contributed by atoms with Crippen molar-refractivity contribution in [1.29, 1.82) is 0 Å². The fourth-order valence-corrected chi connectivity index (χ4v) is 10.3. The van der Waals surface area contributed by atoms with Gasteiger partial charge in [-0.3, -0.25) is 4.98 Å². The number of ether oxygens (including phenoxy) is 3. The molecule has 0 atom stereocenters. The van der Waals surface area contributed by atoms with Crippen molar-refractivity contribution in [3.05, 3.63) is 197 Å². The van der Waals surface area contributed by atoms with Gasteiger partial charge < -0.3 is 19.3 Å². The van der Waals surface area contributed by atoms with Crippen molar-refractivity contribution < 1.29 is 40.9 Å². The van der Waals surface area contributed by atoms with Gasteiger partial charge in [0, 0.05) is 33.6 Å². The van der Waals surface area contributed by atoms with Crippen LogP contribution in [0.15, 0.2) is 190 Å². The van der Waals surface area contributed by atoms with Crippen molar-refractivity contribution in [1.82, 2.24) is 4.98 Å². The maximum absolute atomic E-state index is 13.5. The molecule has 0 aliphatic rings. The van der Waals surface area contributed by atoms with Gasteiger partial charge in [0.25, 0.3) is 0 Å². The molecular weight excluding hydrogens is 866 g/mol. The molecule has 2 heterocycles. The third kappa shape index (κ3) is 9.26. The summed E-state index contributed by atoms with van der Waals surface area (Å²) in [5, 5.41) is 11.4. The first-order valence-corrected chi connectivity index (χ1v) is 23.0. The summed E-state index contributed by atoms with van der Waals surface area (Å²) in [5.74, 6) is 0.232. The Balaban J connectivity index is 1.19. The van der Waals surface area contributed by atoms with Crippen LogP contribution in [0.5, 0.6) is 23.0 Å². The smallest absolute Gasteiger partial charge is 0.336 e. The van der Waals surface area contributed by atoms with Crippen LogP contribution in [0, 0.1) is 0 Å². The van der Waals surface area contributed by atoms with E-state index in [-0.39, 0.29) is 44.1 Å². The lowest BCUT2D eigenvalue weighted by molar-refractivity contribution is -0.130. The fourth-order valence-electron chi connectivity index (χ4n) is 6.44. The first-order chi connectivity index (χ1) is 30.0. The minimum Gasteiger partial charge on any atom is -0.485 e. The number of nitrogens with zero attached hydrogens (tertiary/aromatic N) is 1. The highest BCUT2D eigenvalue weighted by Gasteiger charge is 2.23. The first kappa shape index (κ1) is 41.9. The summed E-state index contributed by atoms with van der Waals surface area (Å²) in [6, 6.07) is 42.7. The zero-order valence-electron chi connectivity index (χ0n) is 32.4. The Labute approximate surface area is 366 Å². The summed E-state index contributed by atoms with van der Waals surface area (Å²) in [7, 11) is -7.55. The SMILES string of the molecule is O=C(O)/C(=C/c1sc2cc(OCc3ccc(S(=O)(=O)c4ccccc4)cc3)c(OCc3cccc(S(=O)(=O)c4ccccc4)c3)cc2c1Oc1ccc(Cl)cc1)c1ccncc1. The lowest BCUT2D eigenvalue weighted by Crippen LogP contribution is -2.04. The van der Waals surface area contributed by atoms with Gasteiger partial charge in [-0.25, -0.2) is 21.6 Å².